The van der Waals surface area contributed by atoms with Crippen LogP contribution in [0.5, 0.6) is 17.2 Å². The van der Waals surface area contributed by atoms with E-state index >= 15 is 0 Å². The molecule has 0 aromatic heterocycles. The topological polar surface area (TPSA) is 147 Å². The number of benzene rings is 4. The van der Waals surface area contributed by atoms with Crippen LogP contribution in [0.2, 0.25) is 0 Å². The number of fused-ring (bicyclic) bond motifs is 2. The molecular formula is C21H16N2O7. The van der Waals surface area contributed by atoms with Gasteiger partial charge in [-0.25, -0.2) is 0 Å². The molecule has 0 saturated carbocycles. The molecule has 152 valence electrons. The predicted molar refractivity (Wildman–Crippen MR) is 111 cm³/mol. The van der Waals surface area contributed by atoms with Gasteiger partial charge in [-0.3, -0.25) is 20.2 Å². The van der Waals surface area contributed by atoms with Gasteiger partial charge in [0.2, 0.25) is 0 Å². The van der Waals surface area contributed by atoms with Gasteiger partial charge < -0.3 is 15.3 Å². The minimum atomic E-state index is -0.866. The zero-order valence-corrected chi connectivity index (χ0v) is 15.6. The summed E-state index contributed by atoms with van der Waals surface area (Å²) in [5, 5.41) is 52.9. The highest BCUT2D eigenvalue weighted by molar-refractivity contribution is 6.01. The molecule has 3 N–H and O–H groups in total. The Morgan fingerprint density at radius 1 is 0.733 bits per heavy atom. The van der Waals surface area contributed by atoms with E-state index in [9.17, 15) is 35.5 Å². The van der Waals surface area contributed by atoms with Crippen LogP contribution in [-0.4, -0.2) is 25.2 Å². The Bertz CT molecular complexity index is 1300. The molecule has 0 aliphatic heterocycles. The number of nitro groups is 2. The van der Waals surface area contributed by atoms with Gasteiger partial charge in [-0.15, -0.1) is 0 Å². The van der Waals surface area contributed by atoms with Crippen LogP contribution in [0.25, 0.3) is 21.5 Å². The highest BCUT2D eigenvalue weighted by atomic mass is 16.6. The third kappa shape index (κ3) is 3.90. The quantitative estimate of drug-likeness (QED) is 0.184. The Kier molecular flexibility index (Phi) is 5.37. The van der Waals surface area contributed by atoms with E-state index in [2.05, 4.69) is 0 Å². The van der Waals surface area contributed by atoms with Gasteiger partial charge in [0.05, 0.1) is 15.9 Å². The number of non-ortho nitro benzene ring substituents is 1. The van der Waals surface area contributed by atoms with Crippen LogP contribution in [-0.2, 0) is 0 Å². The van der Waals surface area contributed by atoms with E-state index in [-0.39, 0.29) is 17.1 Å². The Morgan fingerprint density at radius 2 is 1.37 bits per heavy atom. The number of phenolic OH excluding ortho intramolecular Hbond substituents is 3. The summed E-state index contributed by atoms with van der Waals surface area (Å²) in [6, 6.07) is 16.9. The summed E-state index contributed by atoms with van der Waals surface area (Å²) in [6.07, 6.45) is 0. The number of phenols is 3. The third-order valence-electron chi connectivity index (χ3n) is 4.51. The van der Waals surface area contributed by atoms with Crippen molar-refractivity contribution < 1.29 is 25.2 Å². The van der Waals surface area contributed by atoms with Crippen molar-refractivity contribution in [2.75, 3.05) is 0 Å². The molecule has 9 heteroatoms. The maximum Gasteiger partial charge on any atom is 0.317 e. The summed E-state index contributed by atoms with van der Waals surface area (Å²) in [7, 11) is 0. The Labute approximate surface area is 169 Å². The van der Waals surface area contributed by atoms with Gasteiger partial charge in [-0.05, 0) is 41.3 Å². The zero-order chi connectivity index (χ0) is 22.0. The summed E-state index contributed by atoms with van der Waals surface area (Å²) in [5.41, 5.74) is -0.963. The van der Waals surface area contributed by atoms with E-state index in [4.69, 9.17) is 0 Å². The molecule has 9 nitrogen and oxygen atoms in total. The number of hydrogen-bond acceptors (Lipinski definition) is 7. The first kappa shape index (κ1) is 20.3. The van der Waals surface area contributed by atoms with Crippen LogP contribution < -0.4 is 0 Å². The maximum atomic E-state index is 10.4. The van der Waals surface area contributed by atoms with E-state index < -0.39 is 27.0 Å². The molecule has 0 fully saturated rings. The predicted octanol–water partition coefficient (Wildman–Crippen LogP) is 4.92. The number of nitrogens with zero attached hydrogens (tertiary/aromatic N) is 2. The molecule has 0 aliphatic carbocycles. The van der Waals surface area contributed by atoms with Crippen molar-refractivity contribution in [2.24, 2.45) is 0 Å². The monoisotopic (exact) mass is 408 g/mol. The minimum absolute atomic E-state index is 0.0525. The normalized spacial score (nSPS) is 10.4. The van der Waals surface area contributed by atoms with Crippen molar-refractivity contribution in [3.05, 3.63) is 86.5 Å². The average Bonchev–Trinajstić information content (AvgIpc) is 2.71. The van der Waals surface area contributed by atoms with Crippen molar-refractivity contribution >= 4 is 32.9 Å². The first-order chi connectivity index (χ1) is 14.2. The van der Waals surface area contributed by atoms with E-state index in [0.717, 1.165) is 28.3 Å². The molecule has 0 aliphatic rings. The smallest absolute Gasteiger partial charge is 0.317 e. The highest BCUT2D eigenvalue weighted by Gasteiger charge is 2.21. The molecule has 0 heterocycles. The minimum Gasteiger partial charge on any atom is -0.504 e. The van der Waals surface area contributed by atoms with Crippen molar-refractivity contribution in [1.29, 1.82) is 0 Å². The number of nitro benzene ring substituents is 2. The van der Waals surface area contributed by atoms with Gasteiger partial charge in [0, 0.05) is 17.0 Å². The molecule has 0 amide bonds. The fraction of sp³-hybridized carbons (Fsp3) is 0.0476. The van der Waals surface area contributed by atoms with Crippen molar-refractivity contribution in [3.63, 3.8) is 0 Å². The second-order valence-electron chi connectivity index (χ2n) is 6.50. The van der Waals surface area contributed by atoms with Crippen LogP contribution >= 0.6 is 0 Å². The molecule has 0 atom stereocenters. The van der Waals surface area contributed by atoms with Gasteiger partial charge >= 0.3 is 5.69 Å². The maximum absolute atomic E-state index is 10.4. The van der Waals surface area contributed by atoms with Crippen molar-refractivity contribution in [2.45, 2.75) is 6.92 Å². The second-order valence-corrected chi connectivity index (χ2v) is 6.50. The lowest BCUT2D eigenvalue weighted by Crippen LogP contribution is -1.94. The third-order valence-corrected chi connectivity index (χ3v) is 4.51. The molecule has 0 saturated heterocycles. The molecule has 0 radical (unpaired) electrons. The standard InChI is InChI=1S/C14H10O2.C7H6N2O5/c15-13-6-5-11-7-9-3-1-2-4-10(9)8-12(11)14(13)16;1-4-2-5(8(11)12)3-6(7(4)10)9(13)14/h1-8,15-16H;2-3,10H,1H3. The van der Waals surface area contributed by atoms with Crippen LogP contribution in [0.15, 0.2) is 60.7 Å². The Morgan fingerprint density at radius 3 is 1.97 bits per heavy atom. The molecule has 4 aromatic rings. The largest absolute Gasteiger partial charge is 0.504 e. The fourth-order valence-corrected chi connectivity index (χ4v) is 2.97. The van der Waals surface area contributed by atoms with Crippen LogP contribution in [0.4, 0.5) is 11.4 Å². The SMILES string of the molecule is Cc1cc([N+](=O)[O-])cc([N+](=O)[O-])c1O.Oc1ccc2cc3ccccc3cc2c1O. The van der Waals surface area contributed by atoms with Gasteiger partial charge in [-0.1, -0.05) is 30.3 Å². The van der Waals surface area contributed by atoms with Crippen molar-refractivity contribution in [1.82, 2.24) is 0 Å². The molecule has 0 unspecified atom stereocenters. The summed E-state index contributed by atoms with van der Waals surface area (Å²) in [6.45, 7) is 1.36. The first-order valence-electron chi connectivity index (χ1n) is 8.65. The Hall–Kier alpha value is -4.40. The molecule has 4 aromatic carbocycles. The number of aryl methyl sites for hydroxylation is 1. The highest BCUT2D eigenvalue weighted by Crippen LogP contribution is 2.35. The van der Waals surface area contributed by atoms with Gasteiger partial charge in [0.15, 0.2) is 17.2 Å². The summed E-state index contributed by atoms with van der Waals surface area (Å²) in [4.78, 5) is 19.1. The van der Waals surface area contributed by atoms with Crippen LogP contribution in [0, 0.1) is 27.2 Å². The summed E-state index contributed by atoms with van der Waals surface area (Å²) >= 11 is 0. The molecule has 0 bridgehead atoms. The van der Waals surface area contributed by atoms with Crippen LogP contribution in [0.1, 0.15) is 5.56 Å². The van der Waals surface area contributed by atoms with E-state index in [1.807, 2.05) is 36.4 Å². The van der Waals surface area contributed by atoms with E-state index in [1.165, 1.54) is 13.0 Å². The van der Waals surface area contributed by atoms with Crippen molar-refractivity contribution in [3.8, 4) is 17.2 Å². The molecule has 0 spiro atoms. The van der Waals surface area contributed by atoms with Gasteiger partial charge in [0.1, 0.15) is 0 Å². The Balaban J connectivity index is 0.000000173. The summed E-state index contributed by atoms with van der Waals surface area (Å²) in [5.74, 6) is -0.674. The lowest BCUT2D eigenvalue weighted by Gasteiger charge is -2.05. The number of hydrogen-bond donors (Lipinski definition) is 3. The molecular weight excluding hydrogens is 392 g/mol. The van der Waals surface area contributed by atoms with Gasteiger partial charge in [-0.2, -0.15) is 0 Å². The summed E-state index contributed by atoms with van der Waals surface area (Å²) < 4.78 is 0. The zero-order valence-electron chi connectivity index (χ0n) is 15.6. The second kappa shape index (κ2) is 7.92. The number of aromatic hydroxyl groups is 3. The first-order valence-corrected chi connectivity index (χ1v) is 8.65. The van der Waals surface area contributed by atoms with Gasteiger partial charge in [0.25, 0.3) is 5.69 Å². The fourth-order valence-electron chi connectivity index (χ4n) is 2.97. The average molecular weight is 408 g/mol. The van der Waals surface area contributed by atoms with Crippen LogP contribution in [0.3, 0.4) is 0 Å². The lowest BCUT2D eigenvalue weighted by molar-refractivity contribution is -0.394. The van der Waals surface area contributed by atoms with E-state index in [1.54, 1.807) is 6.07 Å². The molecule has 4 rings (SSSR count). The van der Waals surface area contributed by atoms with E-state index in [0.29, 0.717) is 5.39 Å². The molecule has 30 heavy (non-hydrogen) atoms. The lowest BCUT2D eigenvalue weighted by atomic mass is 10.0. The number of rotatable bonds is 2.